The number of aliphatic hydroxyl groups is 4. The standard InChI is InChI=1S/C10H22O4/c1-8(12)7-10(14)9(13)5-3-2-4-6-11/h8-14H,2-7H2,1H3. The van der Waals surface area contributed by atoms with Crippen LogP contribution in [0.15, 0.2) is 0 Å². The molecule has 0 aliphatic rings. The molecule has 0 aromatic rings. The van der Waals surface area contributed by atoms with Gasteiger partial charge in [0.2, 0.25) is 0 Å². The van der Waals surface area contributed by atoms with Crippen molar-refractivity contribution in [2.75, 3.05) is 6.61 Å². The van der Waals surface area contributed by atoms with Crippen molar-refractivity contribution >= 4 is 0 Å². The molecule has 86 valence electrons. The Morgan fingerprint density at radius 2 is 1.57 bits per heavy atom. The fourth-order valence-electron chi connectivity index (χ4n) is 1.34. The molecular formula is C10H22O4. The molecule has 0 aromatic carbocycles. The van der Waals surface area contributed by atoms with E-state index < -0.39 is 18.3 Å². The maximum absolute atomic E-state index is 9.44. The van der Waals surface area contributed by atoms with E-state index in [1.54, 1.807) is 6.92 Å². The molecule has 3 atom stereocenters. The van der Waals surface area contributed by atoms with Crippen LogP contribution in [-0.4, -0.2) is 45.3 Å². The zero-order chi connectivity index (χ0) is 11.0. The zero-order valence-electron chi connectivity index (χ0n) is 8.76. The van der Waals surface area contributed by atoms with E-state index in [2.05, 4.69) is 0 Å². The van der Waals surface area contributed by atoms with Gasteiger partial charge < -0.3 is 20.4 Å². The van der Waals surface area contributed by atoms with Gasteiger partial charge in [0.1, 0.15) is 0 Å². The van der Waals surface area contributed by atoms with E-state index in [1.807, 2.05) is 0 Å². The minimum Gasteiger partial charge on any atom is -0.396 e. The molecule has 0 radical (unpaired) electrons. The van der Waals surface area contributed by atoms with Crippen molar-refractivity contribution in [2.45, 2.75) is 57.3 Å². The molecule has 0 aromatic heterocycles. The Bertz CT molecular complexity index is 127. The molecule has 0 saturated carbocycles. The fourth-order valence-corrected chi connectivity index (χ4v) is 1.34. The summed E-state index contributed by atoms with van der Waals surface area (Å²) in [7, 11) is 0. The summed E-state index contributed by atoms with van der Waals surface area (Å²) in [6, 6.07) is 0. The first kappa shape index (κ1) is 13.8. The molecule has 0 amide bonds. The Kier molecular flexibility index (Phi) is 8.08. The van der Waals surface area contributed by atoms with Crippen LogP contribution in [0.1, 0.15) is 39.0 Å². The SMILES string of the molecule is CC(O)CC(O)C(O)CCCCCO. The molecule has 4 heteroatoms. The summed E-state index contributed by atoms with van der Waals surface area (Å²) < 4.78 is 0. The Hall–Kier alpha value is -0.160. The van der Waals surface area contributed by atoms with Gasteiger partial charge in [-0.3, -0.25) is 0 Å². The van der Waals surface area contributed by atoms with Crippen molar-refractivity contribution in [3.63, 3.8) is 0 Å². The largest absolute Gasteiger partial charge is 0.396 e. The number of unbranched alkanes of at least 4 members (excludes halogenated alkanes) is 2. The second kappa shape index (κ2) is 8.17. The second-order valence-corrected chi connectivity index (χ2v) is 3.79. The molecule has 14 heavy (non-hydrogen) atoms. The van der Waals surface area contributed by atoms with Crippen molar-refractivity contribution < 1.29 is 20.4 Å². The first-order chi connectivity index (χ1) is 6.57. The van der Waals surface area contributed by atoms with Crippen molar-refractivity contribution in [3.05, 3.63) is 0 Å². The van der Waals surface area contributed by atoms with Crippen LogP contribution in [0, 0.1) is 0 Å². The number of aliphatic hydroxyl groups excluding tert-OH is 4. The predicted octanol–water partition coefficient (Wildman–Crippen LogP) is 0.0318. The Morgan fingerprint density at radius 3 is 2.07 bits per heavy atom. The summed E-state index contributed by atoms with van der Waals surface area (Å²) in [5.74, 6) is 0. The number of rotatable bonds is 8. The molecule has 0 saturated heterocycles. The third-order valence-electron chi connectivity index (χ3n) is 2.18. The summed E-state index contributed by atoms with van der Waals surface area (Å²) in [5, 5.41) is 36.3. The first-order valence-electron chi connectivity index (χ1n) is 5.23. The van der Waals surface area contributed by atoms with Crippen LogP contribution in [-0.2, 0) is 0 Å². The predicted molar refractivity (Wildman–Crippen MR) is 53.9 cm³/mol. The third-order valence-corrected chi connectivity index (χ3v) is 2.18. The van der Waals surface area contributed by atoms with Gasteiger partial charge in [-0.25, -0.2) is 0 Å². The van der Waals surface area contributed by atoms with Gasteiger partial charge in [0, 0.05) is 13.0 Å². The molecule has 0 aliphatic heterocycles. The lowest BCUT2D eigenvalue weighted by molar-refractivity contribution is -0.0134. The van der Waals surface area contributed by atoms with Crippen LogP contribution < -0.4 is 0 Å². The smallest absolute Gasteiger partial charge is 0.0823 e. The Balaban J connectivity index is 3.46. The maximum Gasteiger partial charge on any atom is 0.0823 e. The normalized spacial score (nSPS) is 17.8. The molecule has 4 N–H and O–H groups in total. The van der Waals surface area contributed by atoms with Crippen LogP contribution in [0.4, 0.5) is 0 Å². The highest BCUT2D eigenvalue weighted by atomic mass is 16.3. The van der Waals surface area contributed by atoms with E-state index >= 15 is 0 Å². The molecule has 3 unspecified atom stereocenters. The van der Waals surface area contributed by atoms with E-state index in [9.17, 15) is 10.2 Å². The fraction of sp³-hybridized carbons (Fsp3) is 1.00. The third kappa shape index (κ3) is 7.26. The average Bonchev–Trinajstić information content (AvgIpc) is 2.11. The summed E-state index contributed by atoms with van der Waals surface area (Å²) >= 11 is 0. The molecule has 0 heterocycles. The van der Waals surface area contributed by atoms with Gasteiger partial charge >= 0.3 is 0 Å². The molecule has 4 nitrogen and oxygen atoms in total. The van der Waals surface area contributed by atoms with Gasteiger partial charge in [-0.1, -0.05) is 12.8 Å². The maximum atomic E-state index is 9.44. The van der Waals surface area contributed by atoms with Gasteiger partial charge in [-0.15, -0.1) is 0 Å². The van der Waals surface area contributed by atoms with Gasteiger partial charge in [-0.2, -0.15) is 0 Å². The lowest BCUT2D eigenvalue weighted by Crippen LogP contribution is -2.29. The molecule has 0 fully saturated rings. The minimum absolute atomic E-state index is 0.173. The van der Waals surface area contributed by atoms with E-state index in [0.717, 1.165) is 19.3 Å². The van der Waals surface area contributed by atoms with Crippen LogP contribution in [0.2, 0.25) is 0 Å². The molecule has 0 spiro atoms. The van der Waals surface area contributed by atoms with Crippen molar-refractivity contribution in [3.8, 4) is 0 Å². The zero-order valence-corrected chi connectivity index (χ0v) is 8.76. The van der Waals surface area contributed by atoms with Crippen LogP contribution >= 0.6 is 0 Å². The molecule has 0 aliphatic carbocycles. The lowest BCUT2D eigenvalue weighted by atomic mass is 10.0. The van der Waals surface area contributed by atoms with E-state index in [-0.39, 0.29) is 13.0 Å². The summed E-state index contributed by atoms with van der Waals surface area (Å²) in [6.45, 7) is 1.76. The first-order valence-corrected chi connectivity index (χ1v) is 5.23. The molecule has 0 bridgehead atoms. The number of hydrogen-bond donors (Lipinski definition) is 4. The second-order valence-electron chi connectivity index (χ2n) is 3.79. The monoisotopic (exact) mass is 206 g/mol. The van der Waals surface area contributed by atoms with E-state index in [4.69, 9.17) is 10.2 Å². The van der Waals surface area contributed by atoms with Crippen LogP contribution in [0.3, 0.4) is 0 Å². The lowest BCUT2D eigenvalue weighted by Gasteiger charge is -2.18. The highest BCUT2D eigenvalue weighted by molar-refractivity contribution is 4.69. The summed E-state index contributed by atoms with van der Waals surface area (Å²) in [4.78, 5) is 0. The highest BCUT2D eigenvalue weighted by Crippen LogP contribution is 2.10. The van der Waals surface area contributed by atoms with Crippen molar-refractivity contribution in [2.24, 2.45) is 0 Å². The van der Waals surface area contributed by atoms with Crippen LogP contribution in [0.25, 0.3) is 0 Å². The van der Waals surface area contributed by atoms with Gasteiger partial charge in [-0.05, 0) is 19.8 Å². The van der Waals surface area contributed by atoms with Crippen molar-refractivity contribution in [1.29, 1.82) is 0 Å². The molecule has 0 rings (SSSR count). The topological polar surface area (TPSA) is 80.9 Å². The molecular weight excluding hydrogens is 184 g/mol. The number of hydrogen-bond acceptors (Lipinski definition) is 4. The van der Waals surface area contributed by atoms with E-state index in [0.29, 0.717) is 6.42 Å². The Morgan fingerprint density at radius 1 is 0.929 bits per heavy atom. The van der Waals surface area contributed by atoms with Gasteiger partial charge in [0.15, 0.2) is 0 Å². The minimum atomic E-state index is -0.843. The average molecular weight is 206 g/mol. The highest BCUT2D eigenvalue weighted by Gasteiger charge is 2.17. The van der Waals surface area contributed by atoms with Crippen molar-refractivity contribution in [1.82, 2.24) is 0 Å². The summed E-state index contributed by atoms with van der Waals surface area (Å²) in [5.41, 5.74) is 0. The van der Waals surface area contributed by atoms with E-state index in [1.165, 1.54) is 0 Å². The quantitative estimate of drug-likeness (QED) is 0.422. The van der Waals surface area contributed by atoms with Crippen LogP contribution in [0.5, 0.6) is 0 Å². The summed E-state index contributed by atoms with van der Waals surface area (Å²) in [6.07, 6.45) is 0.923. The Labute approximate surface area is 85.2 Å². The van der Waals surface area contributed by atoms with Gasteiger partial charge in [0.05, 0.1) is 18.3 Å². The van der Waals surface area contributed by atoms with Gasteiger partial charge in [0.25, 0.3) is 0 Å².